The monoisotopic (exact) mass is 321 g/mol. The number of alkyl halides is 1. The summed E-state index contributed by atoms with van der Waals surface area (Å²) in [5, 5.41) is 5.00. The van der Waals surface area contributed by atoms with Gasteiger partial charge in [-0.1, -0.05) is 6.92 Å². The number of ketones is 1. The Morgan fingerprint density at radius 2 is 2.12 bits per heavy atom. The number of hydrogen-bond acceptors (Lipinski definition) is 4. The average molecular weight is 322 g/mol. The predicted octanol–water partition coefficient (Wildman–Crippen LogP) is 1.66. The number of rotatable bonds is 5. The van der Waals surface area contributed by atoms with E-state index in [4.69, 9.17) is 9.88 Å². The van der Waals surface area contributed by atoms with Crippen LogP contribution in [0.4, 0.5) is 0 Å². The number of Topliss-reactive ketones (excluding diaryl/α,β-unsaturated/α-hetero) is 1. The van der Waals surface area contributed by atoms with Gasteiger partial charge in [0.1, 0.15) is 11.3 Å². The second-order valence-electron chi connectivity index (χ2n) is 3.23. The lowest BCUT2D eigenvalue weighted by Crippen LogP contribution is -2.13. The lowest BCUT2D eigenvalue weighted by Gasteiger charge is -2.09. The van der Waals surface area contributed by atoms with Crippen LogP contribution in [0.5, 0.6) is 5.75 Å². The highest BCUT2D eigenvalue weighted by atomic mass is 79.9. The van der Waals surface area contributed by atoms with Gasteiger partial charge >= 0.3 is 0 Å². The molecule has 0 fully saturated rings. The molecule has 7 heteroatoms. The van der Waals surface area contributed by atoms with E-state index >= 15 is 0 Å². The molecule has 0 saturated heterocycles. The third-order valence-electron chi connectivity index (χ3n) is 2.11. The van der Waals surface area contributed by atoms with Crippen LogP contribution in [0.2, 0.25) is 0 Å². The van der Waals surface area contributed by atoms with Gasteiger partial charge in [0.25, 0.3) is 0 Å². The molecule has 0 aliphatic carbocycles. The molecule has 0 unspecified atom stereocenters. The molecule has 0 spiro atoms. The van der Waals surface area contributed by atoms with E-state index in [1.807, 2.05) is 0 Å². The molecule has 0 aliphatic heterocycles. The van der Waals surface area contributed by atoms with Gasteiger partial charge in [0.2, 0.25) is 10.0 Å². The number of nitrogens with two attached hydrogens (primary N) is 1. The van der Waals surface area contributed by atoms with Crippen molar-refractivity contribution >= 4 is 31.7 Å². The first-order chi connectivity index (χ1) is 7.90. The Balaban J connectivity index is 3.34. The summed E-state index contributed by atoms with van der Waals surface area (Å²) < 4.78 is 27.6. The molecule has 1 aromatic rings. The molecule has 0 aliphatic rings. The Hall–Kier alpha value is -0.920. The third-order valence-corrected chi connectivity index (χ3v) is 3.25. The van der Waals surface area contributed by atoms with Gasteiger partial charge in [-0.05, 0) is 34.1 Å². The average Bonchev–Trinajstić information content (AvgIpc) is 2.27. The van der Waals surface area contributed by atoms with Crippen LogP contribution in [-0.4, -0.2) is 19.7 Å². The molecule has 0 amide bonds. The lowest BCUT2D eigenvalue weighted by atomic mass is 10.1. The van der Waals surface area contributed by atoms with Crippen LogP contribution in [0.15, 0.2) is 23.1 Å². The molecule has 0 atom stereocenters. The quantitative estimate of drug-likeness (QED) is 0.660. The van der Waals surface area contributed by atoms with Gasteiger partial charge in [-0.15, -0.1) is 0 Å². The summed E-state index contributed by atoms with van der Waals surface area (Å²) in [6.45, 7) is 1.68. The minimum atomic E-state index is -3.82. The minimum Gasteiger partial charge on any atom is -0.482 e. The van der Waals surface area contributed by atoms with Crippen LogP contribution < -0.4 is 9.88 Å². The largest absolute Gasteiger partial charge is 0.482 e. The van der Waals surface area contributed by atoms with Crippen LogP contribution in [0.3, 0.4) is 0 Å². The zero-order valence-corrected chi connectivity index (χ0v) is 11.5. The summed E-state index contributed by atoms with van der Waals surface area (Å²) in [6.07, 6.45) is 0.257. The van der Waals surface area contributed by atoms with Crippen LogP contribution >= 0.6 is 15.9 Å². The topological polar surface area (TPSA) is 86.5 Å². The third kappa shape index (κ3) is 3.52. The van der Waals surface area contributed by atoms with Gasteiger partial charge in [0.15, 0.2) is 5.78 Å². The molecule has 2 N–H and O–H groups in total. The summed E-state index contributed by atoms with van der Waals surface area (Å²) in [7, 11) is -3.82. The van der Waals surface area contributed by atoms with E-state index in [2.05, 4.69) is 15.9 Å². The fourth-order valence-corrected chi connectivity index (χ4v) is 2.07. The number of benzene rings is 1. The van der Waals surface area contributed by atoms with E-state index in [-0.39, 0.29) is 28.2 Å². The van der Waals surface area contributed by atoms with Crippen LogP contribution in [0, 0.1) is 0 Å². The number of ether oxygens (including phenoxy) is 1. The smallest absolute Gasteiger partial charge is 0.238 e. The summed E-state index contributed by atoms with van der Waals surface area (Å²) in [6, 6.07) is 3.96. The summed E-state index contributed by atoms with van der Waals surface area (Å²) >= 11 is 3.07. The van der Waals surface area contributed by atoms with Crippen molar-refractivity contribution < 1.29 is 17.9 Å². The molecular formula is C10H12BrNO4S. The molecular weight excluding hydrogens is 310 g/mol. The Labute approximate surface area is 108 Å². The SMILES string of the molecule is CCC(=O)c1cc(S(N)(=O)=O)ccc1OCBr. The zero-order chi connectivity index (χ0) is 13.1. The van der Waals surface area contributed by atoms with Gasteiger partial charge in [0.05, 0.1) is 10.5 Å². The number of carbonyl (C=O) groups is 1. The molecule has 1 rings (SSSR count). The van der Waals surface area contributed by atoms with E-state index in [0.717, 1.165) is 0 Å². The van der Waals surface area contributed by atoms with Crippen molar-refractivity contribution in [1.29, 1.82) is 0 Å². The summed E-state index contributed by atoms with van der Waals surface area (Å²) in [4.78, 5) is 11.6. The number of halogens is 1. The molecule has 94 valence electrons. The molecule has 5 nitrogen and oxygen atoms in total. The van der Waals surface area contributed by atoms with Crippen molar-refractivity contribution in [2.24, 2.45) is 5.14 Å². The van der Waals surface area contributed by atoms with Crippen LogP contribution in [0.1, 0.15) is 23.7 Å². The number of primary sulfonamides is 1. The Bertz CT molecular complexity index is 527. The molecule has 17 heavy (non-hydrogen) atoms. The first kappa shape index (κ1) is 14.1. The van der Waals surface area contributed by atoms with Gasteiger partial charge in [-0.3, -0.25) is 4.79 Å². The highest BCUT2D eigenvalue weighted by molar-refractivity contribution is 9.09. The highest BCUT2D eigenvalue weighted by Crippen LogP contribution is 2.24. The fraction of sp³-hybridized carbons (Fsp3) is 0.300. The van der Waals surface area contributed by atoms with E-state index < -0.39 is 10.0 Å². The van der Waals surface area contributed by atoms with Gasteiger partial charge < -0.3 is 4.74 Å². The summed E-state index contributed by atoms with van der Waals surface area (Å²) in [5.41, 5.74) is 0.435. The van der Waals surface area contributed by atoms with Gasteiger partial charge in [-0.25, -0.2) is 13.6 Å². The first-order valence-corrected chi connectivity index (χ1v) is 7.45. The number of sulfonamides is 1. The molecule has 0 saturated carbocycles. The Morgan fingerprint density at radius 3 is 2.59 bits per heavy atom. The Morgan fingerprint density at radius 1 is 1.47 bits per heavy atom. The van der Waals surface area contributed by atoms with Gasteiger partial charge in [-0.2, -0.15) is 0 Å². The van der Waals surface area contributed by atoms with Crippen molar-refractivity contribution in [3.8, 4) is 5.75 Å². The molecule has 1 aromatic carbocycles. The second kappa shape index (κ2) is 5.61. The fourth-order valence-electron chi connectivity index (χ4n) is 1.28. The minimum absolute atomic E-state index is 0.101. The molecule has 0 aromatic heterocycles. The van der Waals surface area contributed by atoms with E-state index in [0.29, 0.717) is 5.75 Å². The Kier molecular flexibility index (Phi) is 4.67. The van der Waals surface area contributed by atoms with Gasteiger partial charge in [0, 0.05) is 6.42 Å². The summed E-state index contributed by atoms with van der Waals surface area (Å²) in [5.74, 6) is 0.132. The van der Waals surface area contributed by atoms with E-state index in [1.54, 1.807) is 6.92 Å². The standard InChI is InChI=1S/C10H12BrNO4S/c1-2-9(13)8-5-7(17(12,14)15)3-4-10(8)16-6-11/h3-5H,2,6H2,1H3,(H2,12,14,15). The van der Waals surface area contributed by atoms with Crippen molar-refractivity contribution in [2.75, 3.05) is 5.52 Å². The maximum atomic E-state index is 11.7. The van der Waals surface area contributed by atoms with Crippen molar-refractivity contribution in [3.05, 3.63) is 23.8 Å². The normalized spacial score (nSPS) is 11.2. The van der Waals surface area contributed by atoms with Crippen molar-refractivity contribution in [2.45, 2.75) is 18.2 Å². The predicted molar refractivity (Wildman–Crippen MR) is 66.9 cm³/mol. The van der Waals surface area contributed by atoms with E-state index in [1.165, 1.54) is 18.2 Å². The molecule has 0 radical (unpaired) electrons. The van der Waals surface area contributed by atoms with Crippen molar-refractivity contribution in [3.63, 3.8) is 0 Å². The molecule has 0 bridgehead atoms. The first-order valence-electron chi connectivity index (χ1n) is 4.79. The van der Waals surface area contributed by atoms with Crippen LogP contribution in [0.25, 0.3) is 0 Å². The van der Waals surface area contributed by atoms with Crippen LogP contribution in [-0.2, 0) is 10.0 Å². The zero-order valence-electron chi connectivity index (χ0n) is 9.14. The number of carbonyl (C=O) groups excluding carboxylic acids is 1. The van der Waals surface area contributed by atoms with Crippen molar-refractivity contribution in [1.82, 2.24) is 0 Å². The van der Waals surface area contributed by atoms with E-state index in [9.17, 15) is 13.2 Å². The highest BCUT2D eigenvalue weighted by Gasteiger charge is 2.16. The second-order valence-corrected chi connectivity index (χ2v) is 5.25. The maximum absolute atomic E-state index is 11.7. The maximum Gasteiger partial charge on any atom is 0.238 e. The number of hydrogen-bond donors (Lipinski definition) is 1. The molecule has 0 heterocycles. The lowest BCUT2D eigenvalue weighted by molar-refractivity contribution is 0.0985.